The van der Waals surface area contributed by atoms with Gasteiger partial charge < -0.3 is 4.74 Å². The van der Waals surface area contributed by atoms with E-state index in [9.17, 15) is 8.42 Å². The molecule has 1 atom stereocenters. The summed E-state index contributed by atoms with van der Waals surface area (Å²) in [6, 6.07) is 8.26. The van der Waals surface area contributed by atoms with Crippen LogP contribution in [0.2, 0.25) is 0 Å². The van der Waals surface area contributed by atoms with Crippen LogP contribution in [-0.2, 0) is 17.1 Å². The minimum Gasteiger partial charge on any atom is -0.492 e. The minimum atomic E-state index is -3.19. The molecule has 0 aliphatic heterocycles. The molecule has 3 rings (SSSR count). The number of hydrogen-bond donors (Lipinski definition) is 1. The molecular formula is C16H20N3O3S. The molecule has 0 amide bonds. The van der Waals surface area contributed by atoms with Crippen molar-refractivity contribution in [3.63, 3.8) is 0 Å². The summed E-state index contributed by atoms with van der Waals surface area (Å²) in [5, 5.41) is 3.93. The second-order valence-electron chi connectivity index (χ2n) is 5.93. The number of aryl methyl sites for hydroxylation is 1. The van der Waals surface area contributed by atoms with Crippen molar-refractivity contribution in [1.29, 1.82) is 0 Å². The fraction of sp³-hybridized carbons (Fsp3) is 0.438. The van der Waals surface area contributed by atoms with Crippen LogP contribution in [0.15, 0.2) is 30.6 Å². The van der Waals surface area contributed by atoms with Crippen LogP contribution < -0.4 is 9.46 Å². The van der Waals surface area contributed by atoms with Crippen LogP contribution in [0, 0.1) is 6.07 Å². The maximum atomic E-state index is 11.9. The third-order valence-electron chi connectivity index (χ3n) is 3.63. The van der Waals surface area contributed by atoms with E-state index in [0.717, 1.165) is 24.0 Å². The molecule has 1 N–H and O–H groups in total. The van der Waals surface area contributed by atoms with Crippen LogP contribution in [0.25, 0.3) is 11.1 Å². The second-order valence-corrected chi connectivity index (χ2v) is 7.93. The van der Waals surface area contributed by atoms with Gasteiger partial charge in [0.15, 0.2) is 0 Å². The van der Waals surface area contributed by atoms with Gasteiger partial charge in [0.25, 0.3) is 0 Å². The van der Waals surface area contributed by atoms with Gasteiger partial charge in [0.2, 0.25) is 10.0 Å². The molecule has 0 spiro atoms. The van der Waals surface area contributed by atoms with E-state index in [2.05, 4.69) is 15.9 Å². The van der Waals surface area contributed by atoms with Crippen molar-refractivity contribution in [2.24, 2.45) is 7.05 Å². The van der Waals surface area contributed by atoms with Crippen molar-refractivity contribution >= 4 is 10.0 Å². The van der Waals surface area contributed by atoms with E-state index in [0.29, 0.717) is 5.75 Å². The molecule has 1 aliphatic rings. The van der Waals surface area contributed by atoms with Gasteiger partial charge in [-0.15, -0.1) is 0 Å². The van der Waals surface area contributed by atoms with Gasteiger partial charge in [0.1, 0.15) is 12.4 Å². The van der Waals surface area contributed by atoms with E-state index >= 15 is 0 Å². The van der Waals surface area contributed by atoms with E-state index in [-0.39, 0.29) is 17.9 Å². The highest BCUT2D eigenvalue weighted by Gasteiger charge is 2.36. The summed E-state index contributed by atoms with van der Waals surface area (Å²) in [5.74, 6) is 0.656. The first-order valence-corrected chi connectivity index (χ1v) is 9.13. The Balaban J connectivity index is 1.60. The quantitative estimate of drug-likeness (QED) is 0.837. The summed E-state index contributed by atoms with van der Waals surface area (Å²) in [4.78, 5) is 0. The SMILES string of the molecule is CC(COc1c[c]cc(-c2cnn(C)c2)c1)NS(=O)(=O)C1CC1. The van der Waals surface area contributed by atoms with Crippen LogP contribution in [0.1, 0.15) is 19.8 Å². The van der Waals surface area contributed by atoms with E-state index in [1.165, 1.54) is 0 Å². The third kappa shape index (κ3) is 4.11. The number of rotatable bonds is 7. The highest BCUT2D eigenvalue weighted by atomic mass is 32.2. The Morgan fingerprint density at radius 3 is 2.87 bits per heavy atom. The number of benzene rings is 1. The van der Waals surface area contributed by atoms with Gasteiger partial charge in [-0.25, -0.2) is 13.1 Å². The Morgan fingerprint density at radius 2 is 2.22 bits per heavy atom. The predicted octanol–water partition coefficient (Wildman–Crippen LogP) is 1.74. The van der Waals surface area contributed by atoms with Crippen molar-refractivity contribution < 1.29 is 13.2 Å². The molecule has 1 heterocycles. The van der Waals surface area contributed by atoms with Crippen LogP contribution in [-0.4, -0.2) is 36.1 Å². The van der Waals surface area contributed by atoms with Crippen LogP contribution in [0.5, 0.6) is 5.75 Å². The van der Waals surface area contributed by atoms with Crippen molar-refractivity contribution in [3.05, 3.63) is 36.7 Å². The number of nitrogens with one attached hydrogen (secondary N) is 1. The fourth-order valence-corrected chi connectivity index (χ4v) is 3.86. The van der Waals surface area contributed by atoms with Crippen LogP contribution in [0.3, 0.4) is 0 Å². The molecule has 123 valence electrons. The molecule has 1 radical (unpaired) electrons. The average Bonchev–Trinajstić information content (AvgIpc) is 3.28. The van der Waals surface area contributed by atoms with Gasteiger partial charge in [0, 0.05) is 18.8 Å². The van der Waals surface area contributed by atoms with Gasteiger partial charge in [-0.3, -0.25) is 4.68 Å². The van der Waals surface area contributed by atoms with Gasteiger partial charge in [-0.2, -0.15) is 5.10 Å². The smallest absolute Gasteiger partial charge is 0.214 e. The molecule has 1 fully saturated rings. The molecule has 6 nitrogen and oxygen atoms in total. The van der Waals surface area contributed by atoms with Crippen molar-refractivity contribution in [1.82, 2.24) is 14.5 Å². The first kappa shape index (κ1) is 16.0. The normalized spacial score (nSPS) is 16.3. The van der Waals surface area contributed by atoms with Gasteiger partial charge in [-0.05, 0) is 49.6 Å². The molecule has 23 heavy (non-hydrogen) atoms. The zero-order valence-corrected chi connectivity index (χ0v) is 14.0. The molecule has 7 heteroatoms. The van der Waals surface area contributed by atoms with Gasteiger partial charge in [-0.1, -0.05) is 0 Å². The Hall–Kier alpha value is -1.86. The first-order chi connectivity index (χ1) is 10.9. The van der Waals surface area contributed by atoms with E-state index < -0.39 is 10.0 Å². The lowest BCUT2D eigenvalue weighted by Gasteiger charge is -2.15. The Morgan fingerprint density at radius 1 is 1.43 bits per heavy atom. The summed E-state index contributed by atoms with van der Waals surface area (Å²) in [7, 11) is -1.33. The number of sulfonamides is 1. The molecular weight excluding hydrogens is 314 g/mol. The molecule has 0 saturated heterocycles. The van der Waals surface area contributed by atoms with E-state index in [1.807, 2.05) is 25.4 Å². The third-order valence-corrected chi connectivity index (χ3v) is 5.71. The maximum Gasteiger partial charge on any atom is 0.214 e. The van der Waals surface area contributed by atoms with Crippen molar-refractivity contribution in [2.45, 2.75) is 31.1 Å². The first-order valence-electron chi connectivity index (χ1n) is 7.58. The summed E-state index contributed by atoms with van der Waals surface area (Å²) >= 11 is 0. The van der Waals surface area contributed by atoms with E-state index in [1.54, 1.807) is 23.9 Å². The van der Waals surface area contributed by atoms with Gasteiger partial charge >= 0.3 is 0 Å². The molecule has 0 bridgehead atoms. The van der Waals surface area contributed by atoms with Crippen LogP contribution in [0.4, 0.5) is 0 Å². The predicted molar refractivity (Wildman–Crippen MR) is 87.5 cm³/mol. The van der Waals surface area contributed by atoms with Gasteiger partial charge in [0.05, 0.1) is 17.5 Å². The number of nitrogens with zero attached hydrogens (tertiary/aromatic N) is 2. The minimum absolute atomic E-state index is 0.216. The molecule has 2 aromatic rings. The summed E-state index contributed by atoms with van der Waals surface area (Å²) < 4.78 is 33.8. The summed E-state index contributed by atoms with van der Waals surface area (Å²) in [6.07, 6.45) is 5.20. The zero-order valence-electron chi connectivity index (χ0n) is 13.2. The lowest BCUT2D eigenvalue weighted by molar-refractivity contribution is 0.287. The lowest BCUT2D eigenvalue weighted by Crippen LogP contribution is -2.38. The molecule has 1 aromatic heterocycles. The Bertz CT molecular complexity index is 781. The van der Waals surface area contributed by atoms with Crippen molar-refractivity contribution in [2.75, 3.05) is 6.61 Å². The molecule has 1 saturated carbocycles. The largest absolute Gasteiger partial charge is 0.492 e. The number of hydrogen-bond acceptors (Lipinski definition) is 4. The maximum absolute atomic E-state index is 11.9. The molecule has 1 aliphatic carbocycles. The topological polar surface area (TPSA) is 73.2 Å². The number of ether oxygens (including phenoxy) is 1. The Kier molecular flexibility index (Phi) is 4.41. The summed E-state index contributed by atoms with van der Waals surface area (Å²) in [5.41, 5.74) is 1.94. The zero-order chi connectivity index (χ0) is 16.4. The number of aromatic nitrogens is 2. The second kappa shape index (κ2) is 6.33. The Labute approximate surface area is 136 Å². The van der Waals surface area contributed by atoms with E-state index in [4.69, 9.17) is 4.74 Å². The fourth-order valence-electron chi connectivity index (χ4n) is 2.28. The van der Waals surface area contributed by atoms with Crippen LogP contribution >= 0.6 is 0 Å². The standard InChI is InChI=1S/C16H20N3O3S/c1-12(18-23(20,21)16-6-7-16)11-22-15-5-3-4-13(8-15)14-9-17-19(2)10-14/h4-5,8-10,12,16,18H,6-7,11H2,1-2H3. The lowest BCUT2D eigenvalue weighted by atomic mass is 10.1. The summed E-state index contributed by atoms with van der Waals surface area (Å²) in [6.45, 7) is 2.07. The van der Waals surface area contributed by atoms with Crippen molar-refractivity contribution in [3.8, 4) is 16.9 Å². The monoisotopic (exact) mass is 334 g/mol. The molecule has 1 aromatic carbocycles. The highest BCUT2D eigenvalue weighted by molar-refractivity contribution is 7.90. The average molecular weight is 334 g/mol. The highest BCUT2D eigenvalue weighted by Crippen LogP contribution is 2.27. The molecule has 1 unspecified atom stereocenters.